The number of esters is 1. The van der Waals surface area contributed by atoms with E-state index >= 15 is 0 Å². The standard InChI is InChI=1S/C16H17ClN2O2/c1-13(14-6-2-3-7-15(14)17)12-16(20)21-11-5-10-19-9-4-8-18-19/h2-4,6-9,12H,5,10-11H2,1H3/b13-12-. The molecule has 0 amide bonds. The first-order valence-corrected chi connectivity index (χ1v) is 7.12. The molecule has 0 unspecified atom stereocenters. The number of nitrogens with zero attached hydrogens (tertiary/aromatic N) is 2. The fraction of sp³-hybridized carbons (Fsp3) is 0.250. The third-order valence-corrected chi connectivity index (χ3v) is 3.30. The van der Waals surface area contributed by atoms with Crippen LogP contribution in [0.25, 0.3) is 5.57 Å². The average Bonchev–Trinajstić information content (AvgIpc) is 2.97. The summed E-state index contributed by atoms with van der Waals surface area (Å²) in [6.07, 6.45) is 5.80. The van der Waals surface area contributed by atoms with E-state index in [2.05, 4.69) is 5.10 Å². The topological polar surface area (TPSA) is 44.1 Å². The summed E-state index contributed by atoms with van der Waals surface area (Å²) < 4.78 is 6.98. The molecule has 1 aromatic heterocycles. The molecule has 0 aliphatic carbocycles. The van der Waals surface area contributed by atoms with Crippen LogP contribution in [0.3, 0.4) is 0 Å². The largest absolute Gasteiger partial charge is 0.462 e. The third kappa shape index (κ3) is 4.76. The summed E-state index contributed by atoms with van der Waals surface area (Å²) in [4.78, 5) is 11.7. The Morgan fingerprint density at radius 3 is 2.90 bits per heavy atom. The molecule has 1 aromatic carbocycles. The number of rotatable bonds is 6. The van der Waals surface area contributed by atoms with Gasteiger partial charge in [0.05, 0.1) is 6.61 Å². The highest BCUT2D eigenvalue weighted by atomic mass is 35.5. The fourth-order valence-corrected chi connectivity index (χ4v) is 2.19. The van der Waals surface area contributed by atoms with Crippen LogP contribution in [0.5, 0.6) is 0 Å². The van der Waals surface area contributed by atoms with E-state index in [9.17, 15) is 4.79 Å². The molecule has 0 atom stereocenters. The quantitative estimate of drug-likeness (QED) is 0.465. The van der Waals surface area contributed by atoms with Gasteiger partial charge in [-0.2, -0.15) is 5.10 Å². The monoisotopic (exact) mass is 304 g/mol. The van der Waals surface area contributed by atoms with Crippen molar-refractivity contribution in [1.82, 2.24) is 9.78 Å². The summed E-state index contributed by atoms with van der Waals surface area (Å²) in [5.74, 6) is -0.354. The Balaban J connectivity index is 1.80. The van der Waals surface area contributed by atoms with Gasteiger partial charge in [0.25, 0.3) is 0 Å². The van der Waals surface area contributed by atoms with E-state index in [1.54, 1.807) is 16.9 Å². The van der Waals surface area contributed by atoms with Crippen molar-refractivity contribution >= 4 is 23.1 Å². The van der Waals surface area contributed by atoms with E-state index in [0.29, 0.717) is 11.6 Å². The summed E-state index contributed by atoms with van der Waals surface area (Å²) in [5, 5.41) is 4.70. The first-order valence-electron chi connectivity index (χ1n) is 6.74. The second-order valence-corrected chi connectivity index (χ2v) is 5.00. The van der Waals surface area contributed by atoms with Crippen molar-refractivity contribution in [3.8, 4) is 0 Å². The molecule has 0 N–H and O–H groups in total. The Morgan fingerprint density at radius 2 is 2.19 bits per heavy atom. The van der Waals surface area contributed by atoms with Crippen molar-refractivity contribution in [2.45, 2.75) is 19.9 Å². The molecule has 0 saturated heterocycles. The minimum Gasteiger partial charge on any atom is -0.462 e. The van der Waals surface area contributed by atoms with Crippen molar-refractivity contribution in [3.05, 3.63) is 59.4 Å². The molecule has 0 saturated carbocycles. The van der Waals surface area contributed by atoms with Crippen LogP contribution in [-0.2, 0) is 16.1 Å². The molecular formula is C16H17ClN2O2. The Labute approximate surface area is 129 Å². The number of carbonyl (C=O) groups is 1. The zero-order valence-electron chi connectivity index (χ0n) is 11.8. The van der Waals surface area contributed by atoms with Gasteiger partial charge in [-0.15, -0.1) is 0 Å². The molecule has 0 aliphatic rings. The number of hydrogen-bond donors (Lipinski definition) is 0. The normalized spacial score (nSPS) is 11.4. The SMILES string of the molecule is C/C(=C/C(=O)OCCCn1cccn1)c1ccccc1Cl. The summed E-state index contributed by atoms with van der Waals surface area (Å²) in [6.45, 7) is 2.94. The smallest absolute Gasteiger partial charge is 0.331 e. The number of carbonyl (C=O) groups excluding carboxylic acids is 1. The van der Waals surface area contributed by atoms with Crippen LogP contribution in [-0.4, -0.2) is 22.4 Å². The van der Waals surface area contributed by atoms with Gasteiger partial charge in [-0.05, 0) is 30.2 Å². The lowest BCUT2D eigenvalue weighted by Gasteiger charge is -2.05. The van der Waals surface area contributed by atoms with E-state index < -0.39 is 0 Å². The number of aryl methyl sites for hydroxylation is 1. The van der Waals surface area contributed by atoms with Crippen LogP contribution in [0, 0.1) is 0 Å². The predicted molar refractivity (Wildman–Crippen MR) is 82.9 cm³/mol. The summed E-state index contributed by atoms with van der Waals surface area (Å²) in [5.41, 5.74) is 1.63. The molecule has 0 fully saturated rings. The van der Waals surface area contributed by atoms with E-state index in [-0.39, 0.29) is 5.97 Å². The van der Waals surface area contributed by atoms with E-state index in [1.807, 2.05) is 37.4 Å². The van der Waals surface area contributed by atoms with Gasteiger partial charge in [0.15, 0.2) is 0 Å². The van der Waals surface area contributed by atoms with Crippen LogP contribution in [0.4, 0.5) is 0 Å². The lowest BCUT2D eigenvalue weighted by atomic mass is 10.1. The van der Waals surface area contributed by atoms with Crippen LogP contribution in [0.15, 0.2) is 48.8 Å². The first kappa shape index (κ1) is 15.3. The molecule has 5 heteroatoms. The maximum absolute atomic E-state index is 11.7. The van der Waals surface area contributed by atoms with E-state index in [0.717, 1.165) is 24.1 Å². The number of halogens is 1. The Kier molecular flexibility index (Phi) is 5.58. The van der Waals surface area contributed by atoms with Gasteiger partial charge in [0.1, 0.15) is 0 Å². The molecule has 2 aromatic rings. The van der Waals surface area contributed by atoms with Crippen LogP contribution >= 0.6 is 11.6 Å². The summed E-state index contributed by atoms with van der Waals surface area (Å²) in [6, 6.07) is 9.27. The molecule has 110 valence electrons. The maximum Gasteiger partial charge on any atom is 0.331 e. The number of hydrogen-bond acceptors (Lipinski definition) is 3. The second-order valence-electron chi connectivity index (χ2n) is 4.60. The van der Waals surface area contributed by atoms with Crippen molar-refractivity contribution < 1.29 is 9.53 Å². The van der Waals surface area contributed by atoms with Gasteiger partial charge in [-0.3, -0.25) is 4.68 Å². The molecular weight excluding hydrogens is 288 g/mol. The van der Waals surface area contributed by atoms with Crippen molar-refractivity contribution in [3.63, 3.8) is 0 Å². The van der Waals surface area contributed by atoms with Crippen molar-refractivity contribution in [1.29, 1.82) is 0 Å². The zero-order chi connectivity index (χ0) is 15.1. The molecule has 2 rings (SSSR count). The van der Waals surface area contributed by atoms with Crippen LogP contribution in [0.1, 0.15) is 18.9 Å². The molecule has 21 heavy (non-hydrogen) atoms. The maximum atomic E-state index is 11.7. The highest BCUT2D eigenvalue weighted by Crippen LogP contribution is 2.22. The lowest BCUT2D eigenvalue weighted by molar-refractivity contribution is -0.137. The molecule has 1 heterocycles. The minimum atomic E-state index is -0.354. The average molecular weight is 305 g/mol. The highest BCUT2D eigenvalue weighted by Gasteiger charge is 2.05. The predicted octanol–water partition coefficient (Wildman–Crippen LogP) is 3.57. The van der Waals surface area contributed by atoms with Gasteiger partial charge in [-0.1, -0.05) is 29.8 Å². The van der Waals surface area contributed by atoms with Crippen LogP contribution < -0.4 is 0 Å². The van der Waals surface area contributed by atoms with E-state index in [4.69, 9.17) is 16.3 Å². The lowest BCUT2D eigenvalue weighted by Crippen LogP contribution is -2.07. The Bertz CT molecular complexity index is 621. The molecule has 4 nitrogen and oxygen atoms in total. The number of allylic oxidation sites excluding steroid dienone is 1. The number of benzene rings is 1. The Morgan fingerprint density at radius 1 is 1.38 bits per heavy atom. The van der Waals surface area contributed by atoms with Gasteiger partial charge in [-0.25, -0.2) is 4.79 Å². The third-order valence-electron chi connectivity index (χ3n) is 2.97. The van der Waals surface area contributed by atoms with Gasteiger partial charge >= 0.3 is 5.97 Å². The van der Waals surface area contributed by atoms with E-state index in [1.165, 1.54) is 6.08 Å². The van der Waals surface area contributed by atoms with Crippen LogP contribution in [0.2, 0.25) is 5.02 Å². The number of aromatic nitrogens is 2. The van der Waals surface area contributed by atoms with Crippen molar-refractivity contribution in [2.75, 3.05) is 6.61 Å². The van der Waals surface area contributed by atoms with Gasteiger partial charge < -0.3 is 4.74 Å². The number of ether oxygens (including phenoxy) is 1. The minimum absolute atomic E-state index is 0.354. The molecule has 0 aliphatic heterocycles. The Hall–Kier alpha value is -2.07. The van der Waals surface area contributed by atoms with Gasteiger partial charge in [0, 0.05) is 36.5 Å². The summed E-state index contributed by atoms with van der Waals surface area (Å²) >= 11 is 6.08. The molecule has 0 spiro atoms. The molecule has 0 bridgehead atoms. The van der Waals surface area contributed by atoms with Crippen molar-refractivity contribution in [2.24, 2.45) is 0 Å². The summed E-state index contributed by atoms with van der Waals surface area (Å²) in [7, 11) is 0. The zero-order valence-corrected chi connectivity index (χ0v) is 12.6. The highest BCUT2D eigenvalue weighted by molar-refractivity contribution is 6.32. The second kappa shape index (κ2) is 7.64. The fourth-order valence-electron chi connectivity index (χ4n) is 1.91. The van der Waals surface area contributed by atoms with Gasteiger partial charge in [0.2, 0.25) is 0 Å². The molecule has 0 radical (unpaired) electrons. The first-order chi connectivity index (χ1) is 10.2.